The zero-order valence-corrected chi connectivity index (χ0v) is 17.7. The molecule has 0 aliphatic carbocycles. The van der Waals surface area contributed by atoms with Crippen LogP contribution >= 0.6 is 11.3 Å². The summed E-state index contributed by atoms with van der Waals surface area (Å²) in [5.74, 6) is -2.25. The van der Waals surface area contributed by atoms with E-state index in [1.807, 2.05) is 0 Å². The van der Waals surface area contributed by atoms with E-state index in [4.69, 9.17) is 4.74 Å². The van der Waals surface area contributed by atoms with E-state index in [-0.39, 0.29) is 27.6 Å². The summed E-state index contributed by atoms with van der Waals surface area (Å²) < 4.78 is 5.46. The van der Waals surface area contributed by atoms with Crippen molar-refractivity contribution in [3.05, 3.63) is 75.8 Å². The third-order valence-electron chi connectivity index (χ3n) is 4.76. The molecular weight excluding hydrogens is 418 g/mol. The van der Waals surface area contributed by atoms with Crippen LogP contribution in [0, 0.1) is 6.92 Å². The number of imide groups is 1. The highest BCUT2D eigenvalue weighted by Crippen LogP contribution is 2.31. The van der Waals surface area contributed by atoms with Crippen LogP contribution in [-0.2, 0) is 4.74 Å². The van der Waals surface area contributed by atoms with Crippen LogP contribution in [0.1, 0.15) is 60.3 Å². The van der Waals surface area contributed by atoms with Crippen LogP contribution in [0.3, 0.4) is 0 Å². The molecule has 2 aromatic carbocycles. The van der Waals surface area contributed by atoms with Crippen molar-refractivity contribution < 1.29 is 23.9 Å². The van der Waals surface area contributed by atoms with Gasteiger partial charge in [0.05, 0.1) is 16.7 Å². The number of Topliss-reactive ketones (excluding diaryl/α,β-unsaturated/α-hetero) is 1. The van der Waals surface area contributed by atoms with Crippen molar-refractivity contribution in [1.29, 1.82) is 0 Å². The SMILES string of the molecule is Cc1nnc(N2C(=O)c3ccc(C(=O)OC(C)(C)C(=O)c4ccccc4)cc3C2=O)s1. The number of esters is 1. The molecule has 4 rings (SSSR count). The highest BCUT2D eigenvalue weighted by molar-refractivity contribution is 7.15. The lowest BCUT2D eigenvalue weighted by Gasteiger charge is -2.23. The van der Waals surface area contributed by atoms with Crippen molar-refractivity contribution in [2.75, 3.05) is 4.90 Å². The summed E-state index contributed by atoms with van der Waals surface area (Å²) in [6, 6.07) is 12.6. The molecule has 0 fully saturated rings. The number of ketones is 1. The van der Waals surface area contributed by atoms with E-state index in [1.165, 1.54) is 32.0 Å². The number of carbonyl (C=O) groups excluding carboxylic acids is 4. The Hall–Kier alpha value is -3.72. The number of hydrogen-bond acceptors (Lipinski definition) is 8. The number of anilines is 1. The third kappa shape index (κ3) is 3.64. The maximum atomic E-state index is 12.8. The average molecular weight is 435 g/mol. The lowest BCUT2D eigenvalue weighted by atomic mass is 9.96. The van der Waals surface area contributed by atoms with Gasteiger partial charge in [0.15, 0.2) is 5.60 Å². The lowest BCUT2D eigenvalue weighted by Crippen LogP contribution is -2.37. The minimum Gasteiger partial charge on any atom is -0.448 e. The van der Waals surface area contributed by atoms with Gasteiger partial charge in [0.1, 0.15) is 5.01 Å². The molecule has 31 heavy (non-hydrogen) atoms. The molecule has 0 atom stereocenters. The highest BCUT2D eigenvalue weighted by Gasteiger charge is 2.40. The number of aryl methyl sites for hydroxylation is 1. The first-order chi connectivity index (χ1) is 14.7. The summed E-state index contributed by atoms with van der Waals surface area (Å²) in [4.78, 5) is 51.9. The Kier molecular flexibility index (Phi) is 4.98. The zero-order chi connectivity index (χ0) is 22.3. The Morgan fingerprint density at radius 1 is 0.935 bits per heavy atom. The van der Waals surface area contributed by atoms with Gasteiger partial charge >= 0.3 is 5.97 Å². The van der Waals surface area contributed by atoms with Crippen molar-refractivity contribution in [2.45, 2.75) is 26.4 Å². The van der Waals surface area contributed by atoms with E-state index < -0.39 is 23.4 Å². The van der Waals surface area contributed by atoms with Gasteiger partial charge in [0.2, 0.25) is 10.9 Å². The second-order valence-corrected chi connectivity index (χ2v) is 8.56. The quantitative estimate of drug-likeness (QED) is 0.343. The van der Waals surface area contributed by atoms with Crippen LogP contribution in [0.25, 0.3) is 0 Å². The Morgan fingerprint density at radius 2 is 1.61 bits per heavy atom. The summed E-state index contributed by atoms with van der Waals surface area (Å²) in [6.07, 6.45) is 0. The van der Waals surface area contributed by atoms with Crippen LogP contribution in [0.2, 0.25) is 0 Å². The van der Waals surface area contributed by atoms with Crippen LogP contribution in [0.5, 0.6) is 0 Å². The van der Waals surface area contributed by atoms with Gasteiger partial charge in [-0.3, -0.25) is 14.4 Å². The van der Waals surface area contributed by atoms with E-state index in [2.05, 4.69) is 10.2 Å². The maximum Gasteiger partial charge on any atom is 0.339 e. The summed E-state index contributed by atoms with van der Waals surface area (Å²) in [6.45, 7) is 4.72. The first-order valence-electron chi connectivity index (χ1n) is 9.35. The highest BCUT2D eigenvalue weighted by atomic mass is 32.1. The molecule has 0 radical (unpaired) electrons. The second-order valence-electron chi connectivity index (χ2n) is 7.40. The number of amides is 2. The Bertz CT molecular complexity index is 1230. The van der Waals surface area contributed by atoms with Crippen LogP contribution in [0.4, 0.5) is 5.13 Å². The molecule has 0 spiro atoms. The van der Waals surface area contributed by atoms with Crippen molar-refractivity contribution in [1.82, 2.24) is 10.2 Å². The van der Waals surface area contributed by atoms with Crippen LogP contribution < -0.4 is 4.90 Å². The van der Waals surface area contributed by atoms with E-state index in [1.54, 1.807) is 37.3 Å². The topological polar surface area (TPSA) is 107 Å². The summed E-state index contributed by atoms with van der Waals surface area (Å²) >= 11 is 1.12. The second kappa shape index (κ2) is 7.51. The zero-order valence-electron chi connectivity index (χ0n) is 16.9. The molecule has 0 N–H and O–H groups in total. The van der Waals surface area contributed by atoms with Crippen molar-refractivity contribution in [2.24, 2.45) is 0 Å². The van der Waals surface area contributed by atoms with Gasteiger partial charge in [-0.25, -0.2) is 9.69 Å². The fraction of sp³-hybridized carbons (Fsp3) is 0.182. The van der Waals surface area contributed by atoms with E-state index in [0.717, 1.165) is 16.2 Å². The molecule has 1 aliphatic heterocycles. The number of carbonyl (C=O) groups is 4. The molecule has 0 bridgehead atoms. The van der Waals surface area contributed by atoms with Gasteiger partial charge in [0, 0.05) is 5.56 Å². The molecule has 9 heteroatoms. The molecule has 0 saturated carbocycles. The average Bonchev–Trinajstić information content (AvgIpc) is 3.28. The number of nitrogens with zero attached hydrogens (tertiary/aromatic N) is 3. The molecular formula is C22H17N3O5S. The van der Waals surface area contributed by atoms with Crippen LogP contribution in [-0.4, -0.2) is 39.4 Å². The molecule has 2 amide bonds. The van der Waals surface area contributed by atoms with E-state index >= 15 is 0 Å². The van der Waals surface area contributed by atoms with Crippen LogP contribution in [0.15, 0.2) is 48.5 Å². The molecule has 8 nitrogen and oxygen atoms in total. The Labute approximate surface area is 181 Å². The van der Waals surface area contributed by atoms with Gasteiger partial charge in [-0.05, 0) is 39.0 Å². The monoisotopic (exact) mass is 435 g/mol. The number of fused-ring (bicyclic) bond motifs is 1. The lowest BCUT2D eigenvalue weighted by molar-refractivity contribution is 0.00373. The first-order valence-corrected chi connectivity index (χ1v) is 10.2. The largest absolute Gasteiger partial charge is 0.448 e. The van der Waals surface area contributed by atoms with Crippen molar-refractivity contribution in [3.63, 3.8) is 0 Å². The Morgan fingerprint density at radius 3 is 2.26 bits per heavy atom. The Balaban J connectivity index is 1.58. The molecule has 0 unspecified atom stereocenters. The van der Waals surface area contributed by atoms with Crippen molar-refractivity contribution >= 4 is 40.0 Å². The third-order valence-corrected chi connectivity index (χ3v) is 5.58. The number of rotatable bonds is 5. The molecule has 156 valence electrons. The normalized spacial score (nSPS) is 13.3. The smallest absolute Gasteiger partial charge is 0.339 e. The molecule has 1 aromatic heterocycles. The number of hydrogen-bond donors (Lipinski definition) is 0. The van der Waals surface area contributed by atoms with Gasteiger partial charge in [0.25, 0.3) is 11.8 Å². The standard InChI is InChI=1S/C22H17N3O5S/c1-12-23-24-21(31-12)25-18(27)15-10-9-14(11-16(15)19(25)28)20(29)30-22(2,3)17(26)13-7-5-4-6-8-13/h4-11H,1-3H3. The predicted octanol–water partition coefficient (Wildman–Crippen LogP) is 3.47. The minimum absolute atomic E-state index is 0.0594. The number of benzene rings is 2. The van der Waals surface area contributed by atoms with Gasteiger partial charge in [-0.15, -0.1) is 10.2 Å². The molecule has 0 saturated heterocycles. The fourth-order valence-electron chi connectivity index (χ4n) is 3.19. The summed E-state index contributed by atoms with van der Waals surface area (Å²) in [5.41, 5.74) is -0.719. The molecule has 2 heterocycles. The summed E-state index contributed by atoms with van der Waals surface area (Å²) in [5, 5.41) is 8.48. The number of ether oxygens (including phenoxy) is 1. The van der Waals surface area contributed by atoms with Gasteiger partial charge in [-0.1, -0.05) is 41.7 Å². The molecule has 1 aliphatic rings. The fourth-order valence-corrected chi connectivity index (χ4v) is 3.88. The van der Waals surface area contributed by atoms with Crippen molar-refractivity contribution in [3.8, 4) is 0 Å². The van der Waals surface area contributed by atoms with Gasteiger partial charge < -0.3 is 4.74 Å². The predicted molar refractivity (Wildman–Crippen MR) is 112 cm³/mol. The number of aromatic nitrogens is 2. The van der Waals surface area contributed by atoms with E-state index in [0.29, 0.717) is 10.6 Å². The van der Waals surface area contributed by atoms with Gasteiger partial charge in [-0.2, -0.15) is 0 Å². The maximum absolute atomic E-state index is 12.8. The summed E-state index contributed by atoms with van der Waals surface area (Å²) in [7, 11) is 0. The minimum atomic E-state index is -1.42. The molecule has 3 aromatic rings. The first kappa shape index (κ1) is 20.5. The van der Waals surface area contributed by atoms with E-state index in [9.17, 15) is 19.2 Å².